The SMILES string of the molecule is Nc1nc(Cc2cccc(Cl)c2F)ncc1C(=O)O. The molecule has 0 unspecified atom stereocenters. The van der Waals surface area contributed by atoms with Crippen LogP contribution in [0.5, 0.6) is 0 Å². The molecule has 7 heteroatoms. The zero-order chi connectivity index (χ0) is 14.0. The predicted octanol–water partition coefficient (Wildman–Crippen LogP) is 2.14. The van der Waals surface area contributed by atoms with Crippen LogP contribution in [0.3, 0.4) is 0 Å². The molecule has 98 valence electrons. The molecule has 0 amide bonds. The molecule has 3 N–H and O–H groups in total. The molecule has 19 heavy (non-hydrogen) atoms. The molecule has 2 aromatic rings. The molecule has 0 aliphatic rings. The van der Waals surface area contributed by atoms with Crippen LogP contribution in [0.15, 0.2) is 24.4 Å². The highest BCUT2D eigenvalue weighted by atomic mass is 35.5. The van der Waals surface area contributed by atoms with Crippen LogP contribution in [-0.4, -0.2) is 21.0 Å². The predicted molar refractivity (Wildman–Crippen MR) is 67.6 cm³/mol. The summed E-state index contributed by atoms with van der Waals surface area (Å²) in [7, 11) is 0. The third kappa shape index (κ3) is 2.79. The first kappa shape index (κ1) is 13.2. The molecule has 1 aromatic carbocycles. The van der Waals surface area contributed by atoms with E-state index in [9.17, 15) is 9.18 Å². The van der Waals surface area contributed by atoms with Crippen molar-refractivity contribution in [2.45, 2.75) is 6.42 Å². The summed E-state index contributed by atoms with van der Waals surface area (Å²) < 4.78 is 13.7. The Morgan fingerprint density at radius 3 is 2.84 bits per heavy atom. The first-order chi connectivity index (χ1) is 8.99. The molecule has 0 aliphatic carbocycles. The molecule has 0 radical (unpaired) electrons. The molecular weight excluding hydrogens is 273 g/mol. The number of anilines is 1. The van der Waals surface area contributed by atoms with Crippen LogP contribution < -0.4 is 5.73 Å². The van der Waals surface area contributed by atoms with Crippen LogP contribution >= 0.6 is 11.6 Å². The standard InChI is InChI=1S/C12H9ClFN3O2/c13-8-3-1-2-6(10(8)14)4-9-16-5-7(12(18)19)11(15)17-9/h1-3,5H,4H2,(H,18,19)(H2,15,16,17). The molecule has 0 fully saturated rings. The summed E-state index contributed by atoms with van der Waals surface area (Å²) in [5, 5.41) is 8.80. The van der Waals surface area contributed by atoms with E-state index < -0.39 is 11.8 Å². The van der Waals surface area contributed by atoms with Crippen molar-refractivity contribution < 1.29 is 14.3 Å². The number of nitrogens with two attached hydrogens (primary N) is 1. The second-order valence-corrected chi connectivity index (χ2v) is 4.19. The summed E-state index contributed by atoms with van der Waals surface area (Å²) in [6.45, 7) is 0. The van der Waals surface area contributed by atoms with E-state index in [-0.39, 0.29) is 28.6 Å². The largest absolute Gasteiger partial charge is 0.477 e. The highest BCUT2D eigenvalue weighted by Crippen LogP contribution is 2.20. The number of halogens is 2. The minimum atomic E-state index is -1.21. The number of hydrogen-bond donors (Lipinski definition) is 2. The van der Waals surface area contributed by atoms with E-state index in [0.717, 1.165) is 6.20 Å². The zero-order valence-electron chi connectivity index (χ0n) is 9.60. The number of nitrogens with zero attached hydrogens (tertiary/aromatic N) is 2. The molecule has 0 spiro atoms. The first-order valence-electron chi connectivity index (χ1n) is 5.26. The third-order valence-corrected chi connectivity index (χ3v) is 2.77. The van der Waals surface area contributed by atoms with Crippen molar-refractivity contribution >= 4 is 23.4 Å². The van der Waals surface area contributed by atoms with Crippen molar-refractivity contribution in [2.24, 2.45) is 0 Å². The summed E-state index contributed by atoms with van der Waals surface area (Å²) in [4.78, 5) is 18.4. The maximum atomic E-state index is 13.7. The van der Waals surface area contributed by atoms with Gasteiger partial charge in [0.1, 0.15) is 23.0 Å². The second-order valence-electron chi connectivity index (χ2n) is 3.78. The van der Waals surface area contributed by atoms with Crippen LogP contribution in [0.4, 0.5) is 10.2 Å². The third-order valence-electron chi connectivity index (χ3n) is 2.48. The number of aromatic nitrogens is 2. The Hall–Kier alpha value is -2.21. The first-order valence-corrected chi connectivity index (χ1v) is 5.64. The fourth-order valence-electron chi connectivity index (χ4n) is 1.54. The van der Waals surface area contributed by atoms with Crippen LogP contribution in [0.25, 0.3) is 0 Å². The van der Waals surface area contributed by atoms with E-state index in [1.807, 2.05) is 0 Å². The number of carboxylic acids is 1. The molecule has 1 heterocycles. The lowest BCUT2D eigenvalue weighted by Crippen LogP contribution is -2.09. The van der Waals surface area contributed by atoms with Crippen molar-refractivity contribution in [3.8, 4) is 0 Å². The van der Waals surface area contributed by atoms with Gasteiger partial charge in [0, 0.05) is 12.6 Å². The van der Waals surface area contributed by atoms with Gasteiger partial charge < -0.3 is 10.8 Å². The van der Waals surface area contributed by atoms with E-state index >= 15 is 0 Å². The minimum absolute atomic E-state index is 0.00706. The Balaban J connectivity index is 2.32. The summed E-state index contributed by atoms with van der Waals surface area (Å²) >= 11 is 5.66. The number of nitrogen functional groups attached to an aromatic ring is 1. The molecule has 1 aromatic heterocycles. The molecule has 2 rings (SSSR count). The number of hydrogen-bond acceptors (Lipinski definition) is 4. The van der Waals surface area contributed by atoms with Gasteiger partial charge in [-0.15, -0.1) is 0 Å². The van der Waals surface area contributed by atoms with Gasteiger partial charge in [-0.05, 0) is 11.6 Å². The highest BCUT2D eigenvalue weighted by molar-refractivity contribution is 6.30. The minimum Gasteiger partial charge on any atom is -0.477 e. The maximum Gasteiger partial charge on any atom is 0.341 e. The van der Waals surface area contributed by atoms with Gasteiger partial charge in [0.2, 0.25) is 0 Å². The normalized spacial score (nSPS) is 10.4. The van der Waals surface area contributed by atoms with Crippen LogP contribution in [0, 0.1) is 5.82 Å². The second kappa shape index (κ2) is 5.19. The number of carbonyl (C=O) groups is 1. The summed E-state index contributed by atoms with van der Waals surface area (Å²) in [6, 6.07) is 4.59. The van der Waals surface area contributed by atoms with Crippen LogP contribution in [0.1, 0.15) is 21.7 Å². The zero-order valence-corrected chi connectivity index (χ0v) is 10.4. The lowest BCUT2D eigenvalue weighted by Gasteiger charge is -2.05. The average molecular weight is 282 g/mol. The van der Waals surface area contributed by atoms with Gasteiger partial charge >= 0.3 is 5.97 Å². The molecular formula is C12H9ClFN3O2. The summed E-state index contributed by atoms with van der Waals surface area (Å²) in [5.74, 6) is -1.68. The van der Waals surface area contributed by atoms with E-state index in [4.69, 9.17) is 22.4 Å². The number of rotatable bonds is 3. The molecule has 0 aliphatic heterocycles. The van der Waals surface area contributed by atoms with Gasteiger partial charge in [-0.3, -0.25) is 0 Å². The quantitative estimate of drug-likeness (QED) is 0.900. The monoisotopic (exact) mass is 281 g/mol. The van der Waals surface area contributed by atoms with Gasteiger partial charge in [-0.1, -0.05) is 23.7 Å². The molecule has 5 nitrogen and oxygen atoms in total. The highest BCUT2D eigenvalue weighted by Gasteiger charge is 2.13. The van der Waals surface area contributed by atoms with E-state index in [1.165, 1.54) is 6.07 Å². The molecule has 0 saturated carbocycles. The lowest BCUT2D eigenvalue weighted by atomic mass is 10.1. The summed E-state index contributed by atoms with van der Waals surface area (Å²) in [6.07, 6.45) is 1.18. The Morgan fingerprint density at radius 2 is 2.21 bits per heavy atom. The van der Waals surface area contributed by atoms with Gasteiger partial charge in [0.15, 0.2) is 0 Å². The molecule has 0 atom stereocenters. The van der Waals surface area contributed by atoms with E-state index in [1.54, 1.807) is 12.1 Å². The van der Waals surface area contributed by atoms with Crippen LogP contribution in [-0.2, 0) is 6.42 Å². The Morgan fingerprint density at radius 1 is 1.47 bits per heavy atom. The van der Waals surface area contributed by atoms with Gasteiger partial charge in [0.25, 0.3) is 0 Å². The number of benzene rings is 1. The Labute approximate surface area is 112 Å². The van der Waals surface area contributed by atoms with Crippen molar-refractivity contribution in [3.05, 3.63) is 52.2 Å². The number of aromatic carboxylic acids is 1. The fourth-order valence-corrected chi connectivity index (χ4v) is 1.73. The Kier molecular flexibility index (Phi) is 3.62. The van der Waals surface area contributed by atoms with Gasteiger partial charge in [-0.2, -0.15) is 0 Å². The van der Waals surface area contributed by atoms with Crippen LogP contribution in [0.2, 0.25) is 5.02 Å². The Bertz CT molecular complexity index is 649. The topological polar surface area (TPSA) is 89.1 Å². The van der Waals surface area contributed by atoms with E-state index in [0.29, 0.717) is 5.56 Å². The number of carboxylic acid groups (broad SMARTS) is 1. The molecule has 0 saturated heterocycles. The van der Waals surface area contributed by atoms with Crippen molar-refractivity contribution in [3.63, 3.8) is 0 Å². The van der Waals surface area contributed by atoms with Crippen molar-refractivity contribution in [1.29, 1.82) is 0 Å². The average Bonchev–Trinajstić information content (AvgIpc) is 2.34. The lowest BCUT2D eigenvalue weighted by molar-refractivity contribution is 0.0697. The van der Waals surface area contributed by atoms with Crippen molar-refractivity contribution in [2.75, 3.05) is 5.73 Å². The van der Waals surface area contributed by atoms with E-state index in [2.05, 4.69) is 9.97 Å². The summed E-state index contributed by atoms with van der Waals surface area (Å²) in [5.41, 5.74) is 5.62. The smallest absolute Gasteiger partial charge is 0.341 e. The van der Waals surface area contributed by atoms with Crippen molar-refractivity contribution in [1.82, 2.24) is 9.97 Å². The van der Waals surface area contributed by atoms with Gasteiger partial charge in [0.05, 0.1) is 5.02 Å². The van der Waals surface area contributed by atoms with Gasteiger partial charge in [-0.25, -0.2) is 19.2 Å². The molecule has 0 bridgehead atoms. The maximum absolute atomic E-state index is 13.7. The fraction of sp³-hybridized carbons (Fsp3) is 0.0833.